The van der Waals surface area contributed by atoms with Crippen LogP contribution in [0.2, 0.25) is 0 Å². The standard InChI is InChI=1S/C19H23NO4S/c1-19(2,3)24-18(23)20-10-12(9-15(20)17(21)22)8-13-11-25-16-7-5-4-6-14(13)16/h4-7,11-12,15H,8-10H2,1-3H3,(H,21,22). The summed E-state index contributed by atoms with van der Waals surface area (Å²) in [4.78, 5) is 25.3. The highest BCUT2D eigenvalue weighted by Gasteiger charge is 2.41. The fourth-order valence-corrected chi connectivity index (χ4v) is 4.30. The molecule has 0 bridgehead atoms. The molecule has 0 radical (unpaired) electrons. The van der Waals surface area contributed by atoms with Crippen LogP contribution in [0.1, 0.15) is 32.8 Å². The van der Waals surface area contributed by atoms with Gasteiger partial charge in [-0.3, -0.25) is 4.90 Å². The number of thiophene rings is 1. The first-order chi connectivity index (χ1) is 11.7. The van der Waals surface area contributed by atoms with E-state index in [1.165, 1.54) is 20.5 Å². The van der Waals surface area contributed by atoms with Crippen LogP contribution < -0.4 is 0 Å². The number of nitrogens with zero attached hydrogens (tertiary/aromatic N) is 1. The van der Waals surface area contributed by atoms with E-state index in [0.29, 0.717) is 13.0 Å². The summed E-state index contributed by atoms with van der Waals surface area (Å²) in [7, 11) is 0. The Balaban J connectivity index is 1.76. The van der Waals surface area contributed by atoms with Crippen LogP contribution in [0, 0.1) is 5.92 Å². The molecule has 1 amide bonds. The van der Waals surface area contributed by atoms with Crippen LogP contribution in [-0.2, 0) is 16.0 Å². The molecule has 1 aliphatic rings. The molecule has 0 saturated carbocycles. The largest absolute Gasteiger partial charge is 0.480 e. The van der Waals surface area contributed by atoms with Crippen molar-refractivity contribution in [2.75, 3.05) is 6.54 Å². The Hall–Kier alpha value is -2.08. The van der Waals surface area contributed by atoms with Crippen LogP contribution >= 0.6 is 11.3 Å². The molecule has 25 heavy (non-hydrogen) atoms. The second-order valence-corrected chi connectivity index (χ2v) is 8.46. The van der Waals surface area contributed by atoms with E-state index < -0.39 is 23.7 Å². The number of carboxylic acids is 1. The van der Waals surface area contributed by atoms with Gasteiger partial charge in [-0.1, -0.05) is 18.2 Å². The van der Waals surface area contributed by atoms with Crippen LogP contribution in [0.15, 0.2) is 29.6 Å². The second kappa shape index (κ2) is 6.67. The zero-order chi connectivity index (χ0) is 18.2. The lowest BCUT2D eigenvalue weighted by Crippen LogP contribution is -2.43. The minimum absolute atomic E-state index is 0.117. The average Bonchev–Trinajstić information content (AvgIpc) is 3.11. The minimum atomic E-state index is -0.969. The Morgan fingerprint density at radius 1 is 1.32 bits per heavy atom. The summed E-state index contributed by atoms with van der Waals surface area (Å²) in [6, 6.07) is 7.40. The Kier molecular flexibility index (Phi) is 4.73. The van der Waals surface area contributed by atoms with Crippen LogP contribution in [-0.4, -0.2) is 40.3 Å². The summed E-state index contributed by atoms with van der Waals surface area (Å²) >= 11 is 1.70. The van der Waals surface area contributed by atoms with E-state index in [0.717, 1.165) is 6.42 Å². The van der Waals surface area contributed by atoms with Crippen molar-refractivity contribution in [1.82, 2.24) is 4.90 Å². The zero-order valence-corrected chi connectivity index (χ0v) is 15.5. The van der Waals surface area contributed by atoms with Gasteiger partial charge in [0.1, 0.15) is 11.6 Å². The molecule has 2 heterocycles. The van der Waals surface area contributed by atoms with E-state index in [1.54, 1.807) is 32.1 Å². The van der Waals surface area contributed by atoms with Crippen molar-refractivity contribution in [3.63, 3.8) is 0 Å². The molecule has 134 valence electrons. The molecule has 3 rings (SSSR count). The third-order valence-electron chi connectivity index (χ3n) is 4.37. The van der Waals surface area contributed by atoms with Gasteiger partial charge in [0.05, 0.1) is 0 Å². The monoisotopic (exact) mass is 361 g/mol. The predicted octanol–water partition coefficient (Wildman–Crippen LogP) is 4.15. The van der Waals surface area contributed by atoms with Crippen molar-refractivity contribution in [1.29, 1.82) is 0 Å². The molecule has 6 heteroatoms. The molecule has 1 aliphatic heterocycles. The molecule has 1 N–H and O–H groups in total. The molecule has 0 spiro atoms. The van der Waals surface area contributed by atoms with Crippen LogP contribution in [0.25, 0.3) is 10.1 Å². The number of hydrogen-bond donors (Lipinski definition) is 1. The quantitative estimate of drug-likeness (QED) is 0.892. The third-order valence-corrected chi connectivity index (χ3v) is 5.38. The predicted molar refractivity (Wildman–Crippen MR) is 98.0 cm³/mol. The zero-order valence-electron chi connectivity index (χ0n) is 14.7. The molecule has 2 atom stereocenters. The summed E-state index contributed by atoms with van der Waals surface area (Å²) in [6.45, 7) is 5.76. The van der Waals surface area contributed by atoms with Gasteiger partial charge in [0.25, 0.3) is 0 Å². The SMILES string of the molecule is CC(C)(C)OC(=O)N1CC(Cc2csc3ccccc23)CC1C(=O)O. The van der Waals surface area contributed by atoms with Gasteiger partial charge < -0.3 is 9.84 Å². The Labute approximate surface area is 151 Å². The van der Waals surface area contributed by atoms with Crippen LogP contribution in [0.3, 0.4) is 0 Å². The molecule has 1 fully saturated rings. The van der Waals surface area contributed by atoms with Crippen molar-refractivity contribution in [3.8, 4) is 0 Å². The normalized spacial score (nSPS) is 20.8. The summed E-state index contributed by atoms with van der Waals surface area (Å²) in [5.41, 5.74) is 0.586. The molecular weight excluding hydrogens is 338 g/mol. The van der Waals surface area contributed by atoms with Gasteiger partial charge in [-0.2, -0.15) is 0 Å². The fourth-order valence-electron chi connectivity index (χ4n) is 3.33. The van der Waals surface area contributed by atoms with Gasteiger partial charge in [-0.25, -0.2) is 9.59 Å². The molecule has 1 aromatic heterocycles. The highest BCUT2D eigenvalue weighted by molar-refractivity contribution is 7.17. The lowest BCUT2D eigenvalue weighted by Gasteiger charge is -2.26. The first-order valence-electron chi connectivity index (χ1n) is 8.42. The Morgan fingerprint density at radius 3 is 2.72 bits per heavy atom. The topological polar surface area (TPSA) is 66.8 Å². The molecule has 2 unspecified atom stereocenters. The van der Waals surface area contributed by atoms with Gasteiger partial charge >= 0.3 is 12.1 Å². The van der Waals surface area contributed by atoms with Gasteiger partial charge in [0.15, 0.2) is 0 Å². The number of carbonyl (C=O) groups excluding carboxylic acids is 1. The first kappa shape index (κ1) is 17.7. The van der Waals surface area contributed by atoms with Gasteiger partial charge in [-0.15, -0.1) is 11.3 Å². The molecule has 1 aromatic carbocycles. The average molecular weight is 361 g/mol. The second-order valence-electron chi connectivity index (χ2n) is 7.55. The van der Waals surface area contributed by atoms with Crippen molar-refractivity contribution < 1.29 is 19.4 Å². The maximum atomic E-state index is 12.4. The van der Waals surface area contributed by atoms with Gasteiger partial charge in [0.2, 0.25) is 0 Å². The lowest BCUT2D eigenvalue weighted by atomic mass is 9.96. The summed E-state index contributed by atoms with van der Waals surface area (Å²) < 4.78 is 6.61. The Bertz CT molecular complexity index is 792. The Morgan fingerprint density at radius 2 is 2.04 bits per heavy atom. The maximum Gasteiger partial charge on any atom is 0.411 e. The van der Waals surface area contributed by atoms with E-state index in [1.807, 2.05) is 12.1 Å². The number of rotatable bonds is 3. The van der Waals surface area contributed by atoms with E-state index in [2.05, 4.69) is 17.5 Å². The number of aliphatic carboxylic acids is 1. The number of amides is 1. The third kappa shape index (κ3) is 3.95. The lowest BCUT2D eigenvalue weighted by molar-refractivity contribution is -0.142. The summed E-state index contributed by atoms with van der Waals surface area (Å²) in [5.74, 6) is -0.852. The summed E-state index contributed by atoms with van der Waals surface area (Å²) in [5, 5.41) is 12.9. The van der Waals surface area contributed by atoms with E-state index >= 15 is 0 Å². The van der Waals surface area contributed by atoms with Crippen LogP contribution in [0.5, 0.6) is 0 Å². The molecule has 1 saturated heterocycles. The van der Waals surface area contributed by atoms with Crippen LogP contribution in [0.4, 0.5) is 4.79 Å². The molecule has 2 aromatic rings. The van der Waals surface area contributed by atoms with Crippen molar-refractivity contribution >= 4 is 33.5 Å². The van der Waals surface area contributed by atoms with Crippen molar-refractivity contribution in [2.24, 2.45) is 5.92 Å². The number of benzene rings is 1. The minimum Gasteiger partial charge on any atom is -0.480 e. The van der Waals surface area contributed by atoms with E-state index in [9.17, 15) is 14.7 Å². The molecule has 5 nitrogen and oxygen atoms in total. The highest BCUT2D eigenvalue weighted by Crippen LogP contribution is 2.32. The molecular formula is C19H23NO4S. The highest BCUT2D eigenvalue weighted by atomic mass is 32.1. The maximum absolute atomic E-state index is 12.4. The fraction of sp³-hybridized carbons (Fsp3) is 0.474. The van der Waals surface area contributed by atoms with Crippen molar-refractivity contribution in [2.45, 2.75) is 45.3 Å². The van der Waals surface area contributed by atoms with E-state index in [4.69, 9.17) is 4.74 Å². The number of ether oxygens (including phenoxy) is 1. The number of carboxylic acid groups (broad SMARTS) is 1. The molecule has 0 aliphatic carbocycles. The van der Waals surface area contributed by atoms with Gasteiger partial charge in [0, 0.05) is 11.2 Å². The van der Waals surface area contributed by atoms with Crippen molar-refractivity contribution in [3.05, 3.63) is 35.2 Å². The smallest absolute Gasteiger partial charge is 0.411 e. The number of fused-ring (bicyclic) bond motifs is 1. The van der Waals surface area contributed by atoms with Gasteiger partial charge in [-0.05, 0) is 61.9 Å². The number of carbonyl (C=O) groups is 2. The number of likely N-dealkylation sites (tertiary alicyclic amines) is 1. The summed E-state index contributed by atoms with van der Waals surface area (Å²) in [6.07, 6.45) is 0.684. The number of hydrogen-bond acceptors (Lipinski definition) is 4. The van der Waals surface area contributed by atoms with E-state index in [-0.39, 0.29) is 5.92 Å². The first-order valence-corrected chi connectivity index (χ1v) is 9.30.